The topological polar surface area (TPSA) is 35.2 Å². The zero-order valence-electron chi connectivity index (χ0n) is 11.1. The van der Waals surface area contributed by atoms with E-state index < -0.39 is 5.82 Å². The van der Waals surface area contributed by atoms with E-state index in [1.807, 2.05) is 24.3 Å². The number of hydrogen-bond acceptors (Lipinski definition) is 2. The van der Waals surface area contributed by atoms with Gasteiger partial charge >= 0.3 is 0 Å². The lowest BCUT2D eigenvalue weighted by molar-refractivity contribution is 0.303. The largest absolute Gasteiger partial charge is 0.488 e. The summed E-state index contributed by atoms with van der Waals surface area (Å²) in [5, 5.41) is 1.92. The molecule has 106 valence electrons. The summed E-state index contributed by atoms with van der Waals surface area (Å²) in [6.07, 6.45) is 0. The SMILES string of the molecule is Nc1ccc(OCc2cccc(Cl)c2F)c2ccccc12. The number of benzene rings is 3. The Kier molecular flexibility index (Phi) is 3.67. The van der Waals surface area contributed by atoms with Gasteiger partial charge in [-0.1, -0.05) is 48.0 Å². The second-order valence-electron chi connectivity index (χ2n) is 4.70. The molecule has 0 amide bonds. The highest BCUT2D eigenvalue weighted by atomic mass is 35.5. The van der Waals surface area contributed by atoms with E-state index in [1.165, 1.54) is 6.07 Å². The molecule has 3 rings (SSSR count). The second kappa shape index (κ2) is 5.62. The minimum Gasteiger partial charge on any atom is -0.488 e. The van der Waals surface area contributed by atoms with Crippen molar-refractivity contribution >= 4 is 28.1 Å². The van der Waals surface area contributed by atoms with Crippen LogP contribution in [-0.4, -0.2) is 0 Å². The quantitative estimate of drug-likeness (QED) is 0.706. The normalized spacial score (nSPS) is 10.8. The fourth-order valence-electron chi connectivity index (χ4n) is 2.24. The first-order valence-corrected chi connectivity index (χ1v) is 6.87. The van der Waals surface area contributed by atoms with Crippen LogP contribution in [0.3, 0.4) is 0 Å². The van der Waals surface area contributed by atoms with E-state index in [1.54, 1.807) is 24.3 Å². The molecule has 2 nitrogen and oxygen atoms in total. The fourth-order valence-corrected chi connectivity index (χ4v) is 2.43. The maximum absolute atomic E-state index is 13.9. The number of hydrogen-bond donors (Lipinski definition) is 1. The summed E-state index contributed by atoms with van der Waals surface area (Å²) in [7, 11) is 0. The number of ether oxygens (including phenoxy) is 1. The van der Waals surface area contributed by atoms with Gasteiger partial charge < -0.3 is 10.5 Å². The monoisotopic (exact) mass is 301 g/mol. The lowest BCUT2D eigenvalue weighted by Gasteiger charge is -2.11. The van der Waals surface area contributed by atoms with Gasteiger partial charge in [-0.05, 0) is 18.2 Å². The first-order chi connectivity index (χ1) is 10.2. The van der Waals surface area contributed by atoms with Crippen molar-refractivity contribution in [3.05, 3.63) is 71.0 Å². The molecule has 21 heavy (non-hydrogen) atoms. The van der Waals surface area contributed by atoms with Crippen LogP contribution < -0.4 is 10.5 Å². The summed E-state index contributed by atoms with van der Waals surface area (Å²) in [4.78, 5) is 0. The molecule has 0 aromatic heterocycles. The molecule has 0 atom stereocenters. The molecule has 0 aliphatic carbocycles. The molecule has 0 unspecified atom stereocenters. The molecule has 3 aromatic carbocycles. The van der Waals surface area contributed by atoms with Gasteiger partial charge in [-0.3, -0.25) is 0 Å². The molecule has 0 fully saturated rings. The third-order valence-corrected chi connectivity index (χ3v) is 3.62. The Balaban J connectivity index is 1.92. The first kappa shape index (κ1) is 13.7. The summed E-state index contributed by atoms with van der Waals surface area (Å²) in [6.45, 7) is 0.111. The standard InChI is InChI=1S/C17H13ClFNO/c18-14-7-3-4-11(17(14)19)10-21-16-9-8-15(20)12-5-1-2-6-13(12)16/h1-9H,10,20H2. The van der Waals surface area contributed by atoms with Crippen molar-refractivity contribution in [3.63, 3.8) is 0 Å². The molecule has 0 saturated carbocycles. The Labute approximate surface area is 126 Å². The summed E-state index contributed by atoms with van der Waals surface area (Å²) < 4.78 is 19.6. The van der Waals surface area contributed by atoms with Crippen molar-refractivity contribution in [2.24, 2.45) is 0 Å². The van der Waals surface area contributed by atoms with Gasteiger partial charge in [0.15, 0.2) is 0 Å². The van der Waals surface area contributed by atoms with Gasteiger partial charge in [0, 0.05) is 22.0 Å². The molecular formula is C17H13ClFNO. The molecule has 0 aliphatic heterocycles. The summed E-state index contributed by atoms with van der Waals surface area (Å²) >= 11 is 5.76. The van der Waals surface area contributed by atoms with Crippen LogP contribution in [0, 0.1) is 5.82 Å². The van der Waals surface area contributed by atoms with Crippen molar-refractivity contribution in [1.29, 1.82) is 0 Å². The van der Waals surface area contributed by atoms with E-state index in [9.17, 15) is 4.39 Å². The third-order valence-electron chi connectivity index (χ3n) is 3.33. The highest BCUT2D eigenvalue weighted by Crippen LogP contribution is 2.30. The van der Waals surface area contributed by atoms with Crippen LogP contribution in [0.1, 0.15) is 5.56 Å². The van der Waals surface area contributed by atoms with Gasteiger partial charge in [-0.25, -0.2) is 4.39 Å². The van der Waals surface area contributed by atoms with E-state index in [4.69, 9.17) is 22.1 Å². The second-order valence-corrected chi connectivity index (χ2v) is 5.11. The zero-order chi connectivity index (χ0) is 14.8. The molecule has 2 N–H and O–H groups in total. The number of halogens is 2. The summed E-state index contributed by atoms with van der Waals surface area (Å²) in [5.41, 5.74) is 7.05. The lowest BCUT2D eigenvalue weighted by atomic mass is 10.1. The van der Waals surface area contributed by atoms with Crippen LogP contribution in [0.4, 0.5) is 10.1 Å². The Morgan fingerprint density at radius 1 is 0.952 bits per heavy atom. The van der Waals surface area contributed by atoms with Crippen molar-refractivity contribution < 1.29 is 9.13 Å². The number of anilines is 1. The van der Waals surface area contributed by atoms with Gasteiger partial charge in [0.1, 0.15) is 18.2 Å². The average molecular weight is 302 g/mol. The van der Waals surface area contributed by atoms with Crippen molar-refractivity contribution in [3.8, 4) is 5.75 Å². The van der Waals surface area contributed by atoms with Crippen LogP contribution in [-0.2, 0) is 6.61 Å². The van der Waals surface area contributed by atoms with E-state index >= 15 is 0 Å². The maximum atomic E-state index is 13.9. The van der Waals surface area contributed by atoms with Crippen molar-refractivity contribution in [1.82, 2.24) is 0 Å². The molecular weight excluding hydrogens is 289 g/mol. The number of fused-ring (bicyclic) bond motifs is 1. The van der Waals surface area contributed by atoms with Gasteiger partial charge in [-0.2, -0.15) is 0 Å². The smallest absolute Gasteiger partial charge is 0.148 e. The molecule has 3 aromatic rings. The van der Waals surface area contributed by atoms with Crippen LogP contribution in [0.25, 0.3) is 10.8 Å². The van der Waals surface area contributed by atoms with E-state index in [0.717, 1.165) is 10.8 Å². The van der Waals surface area contributed by atoms with Gasteiger partial charge in [0.05, 0.1) is 5.02 Å². The van der Waals surface area contributed by atoms with Crippen LogP contribution >= 0.6 is 11.6 Å². The van der Waals surface area contributed by atoms with Crippen LogP contribution in [0.5, 0.6) is 5.75 Å². The molecule has 0 heterocycles. The van der Waals surface area contributed by atoms with Crippen LogP contribution in [0.15, 0.2) is 54.6 Å². The lowest BCUT2D eigenvalue weighted by Crippen LogP contribution is -2.00. The Bertz CT molecular complexity index is 804. The highest BCUT2D eigenvalue weighted by Gasteiger charge is 2.09. The predicted octanol–water partition coefficient (Wildman–Crippen LogP) is 4.79. The van der Waals surface area contributed by atoms with Gasteiger partial charge in [0.25, 0.3) is 0 Å². The van der Waals surface area contributed by atoms with Gasteiger partial charge in [-0.15, -0.1) is 0 Å². The average Bonchev–Trinajstić information content (AvgIpc) is 2.51. The highest BCUT2D eigenvalue weighted by molar-refractivity contribution is 6.30. The molecule has 0 radical (unpaired) electrons. The molecule has 0 bridgehead atoms. The molecule has 0 saturated heterocycles. The zero-order valence-corrected chi connectivity index (χ0v) is 11.9. The summed E-state index contributed by atoms with van der Waals surface area (Å²) in [6, 6.07) is 16.1. The summed E-state index contributed by atoms with van der Waals surface area (Å²) in [5.74, 6) is 0.220. The molecule has 4 heteroatoms. The molecule has 0 spiro atoms. The number of nitrogens with two attached hydrogens (primary N) is 1. The first-order valence-electron chi connectivity index (χ1n) is 6.50. The molecule has 0 aliphatic rings. The maximum Gasteiger partial charge on any atom is 0.148 e. The Hall–Kier alpha value is -2.26. The predicted molar refractivity (Wildman–Crippen MR) is 84.1 cm³/mol. The minimum absolute atomic E-state index is 0.0956. The van der Waals surface area contributed by atoms with E-state index in [0.29, 0.717) is 17.0 Å². The Morgan fingerprint density at radius 3 is 2.52 bits per heavy atom. The van der Waals surface area contributed by atoms with Gasteiger partial charge in [0.2, 0.25) is 0 Å². The van der Waals surface area contributed by atoms with E-state index in [2.05, 4.69) is 0 Å². The van der Waals surface area contributed by atoms with Crippen molar-refractivity contribution in [2.45, 2.75) is 6.61 Å². The third kappa shape index (κ3) is 2.65. The van der Waals surface area contributed by atoms with Crippen molar-refractivity contribution in [2.75, 3.05) is 5.73 Å². The van der Waals surface area contributed by atoms with Crippen LogP contribution in [0.2, 0.25) is 5.02 Å². The fraction of sp³-hybridized carbons (Fsp3) is 0.0588. The number of nitrogen functional groups attached to an aromatic ring is 1. The minimum atomic E-state index is -0.445. The number of rotatable bonds is 3. The Morgan fingerprint density at radius 2 is 1.71 bits per heavy atom. The van der Waals surface area contributed by atoms with E-state index in [-0.39, 0.29) is 11.6 Å².